The van der Waals surface area contributed by atoms with E-state index in [-0.39, 0.29) is 18.6 Å². The van der Waals surface area contributed by atoms with Gasteiger partial charge >= 0.3 is 6.03 Å². The van der Waals surface area contributed by atoms with Gasteiger partial charge in [0, 0.05) is 26.2 Å². The summed E-state index contributed by atoms with van der Waals surface area (Å²) in [7, 11) is 0. The summed E-state index contributed by atoms with van der Waals surface area (Å²) in [4.78, 5) is 14.0. The maximum absolute atomic E-state index is 12.1. The van der Waals surface area contributed by atoms with E-state index in [1.807, 2.05) is 4.90 Å². The number of rotatable bonds is 3. The third-order valence-corrected chi connectivity index (χ3v) is 4.87. The van der Waals surface area contributed by atoms with E-state index in [0.717, 1.165) is 31.8 Å². The predicted molar refractivity (Wildman–Crippen MR) is 75.9 cm³/mol. The van der Waals surface area contributed by atoms with Crippen molar-refractivity contribution in [2.24, 2.45) is 17.8 Å². The number of aliphatic hydroxyl groups excluding tert-OH is 1. The average Bonchev–Trinajstić information content (AvgIpc) is 2.46. The predicted octanol–water partition coefficient (Wildman–Crippen LogP) is 2.23. The lowest BCUT2D eigenvalue weighted by Crippen LogP contribution is -2.47. The van der Waals surface area contributed by atoms with Gasteiger partial charge in [-0.15, -0.1) is 0 Å². The molecule has 110 valence electrons. The number of nitrogens with one attached hydrogen (secondary N) is 1. The molecule has 1 saturated carbocycles. The highest BCUT2D eigenvalue weighted by molar-refractivity contribution is 5.74. The van der Waals surface area contributed by atoms with Gasteiger partial charge in [-0.2, -0.15) is 0 Å². The van der Waals surface area contributed by atoms with Gasteiger partial charge in [0.25, 0.3) is 0 Å². The van der Waals surface area contributed by atoms with Crippen LogP contribution in [0.5, 0.6) is 0 Å². The Hall–Kier alpha value is -0.770. The van der Waals surface area contributed by atoms with Crippen LogP contribution in [-0.2, 0) is 0 Å². The molecule has 19 heavy (non-hydrogen) atoms. The first-order valence-electron chi connectivity index (χ1n) is 7.84. The highest BCUT2D eigenvalue weighted by atomic mass is 16.3. The first kappa shape index (κ1) is 14.6. The summed E-state index contributed by atoms with van der Waals surface area (Å²) in [6.07, 6.45) is 7.26. The molecule has 0 bridgehead atoms. The first-order chi connectivity index (χ1) is 9.20. The summed E-state index contributed by atoms with van der Waals surface area (Å²) < 4.78 is 0. The van der Waals surface area contributed by atoms with Crippen molar-refractivity contribution in [1.82, 2.24) is 10.2 Å². The monoisotopic (exact) mass is 268 g/mol. The Balaban J connectivity index is 1.74. The largest absolute Gasteiger partial charge is 0.396 e. The van der Waals surface area contributed by atoms with Crippen LogP contribution in [-0.4, -0.2) is 42.3 Å². The van der Waals surface area contributed by atoms with Crippen molar-refractivity contribution >= 4 is 6.03 Å². The van der Waals surface area contributed by atoms with E-state index in [1.165, 1.54) is 25.7 Å². The quantitative estimate of drug-likeness (QED) is 0.824. The van der Waals surface area contributed by atoms with Crippen LogP contribution in [0, 0.1) is 17.8 Å². The van der Waals surface area contributed by atoms with Crippen molar-refractivity contribution in [3.63, 3.8) is 0 Å². The fourth-order valence-electron chi connectivity index (χ4n) is 3.43. The van der Waals surface area contributed by atoms with Crippen LogP contribution in [0.4, 0.5) is 4.79 Å². The van der Waals surface area contributed by atoms with E-state index in [4.69, 9.17) is 0 Å². The molecule has 2 fully saturated rings. The van der Waals surface area contributed by atoms with Gasteiger partial charge in [-0.25, -0.2) is 4.79 Å². The highest BCUT2D eigenvalue weighted by Crippen LogP contribution is 2.28. The summed E-state index contributed by atoms with van der Waals surface area (Å²) in [6.45, 7) is 4.87. The molecule has 0 aromatic carbocycles. The molecule has 2 aliphatic rings. The zero-order valence-corrected chi connectivity index (χ0v) is 12.1. The van der Waals surface area contributed by atoms with E-state index in [2.05, 4.69) is 12.2 Å². The van der Waals surface area contributed by atoms with Gasteiger partial charge in [-0.1, -0.05) is 26.2 Å². The number of urea groups is 1. The lowest BCUT2D eigenvalue weighted by Gasteiger charge is -2.33. The van der Waals surface area contributed by atoms with E-state index < -0.39 is 0 Å². The molecule has 1 aliphatic carbocycles. The lowest BCUT2D eigenvalue weighted by atomic mass is 9.80. The lowest BCUT2D eigenvalue weighted by molar-refractivity contribution is 0.127. The molecule has 2 rings (SSSR count). The van der Waals surface area contributed by atoms with Gasteiger partial charge in [-0.05, 0) is 37.0 Å². The van der Waals surface area contributed by atoms with Crippen molar-refractivity contribution < 1.29 is 9.90 Å². The van der Waals surface area contributed by atoms with Crippen molar-refractivity contribution in [3.05, 3.63) is 0 Å². The molecular weight excluding hydrogens is 240 g/mol. The smallest absolute Gasteiger partial charge is 0.317 e. The number of carbonyl (C=O) groups excluding carboxylic acids is 1. The van der Waals surface area contributed by atoms with Gasteiger partial charge in [0.15, 0.2) is 0 Å². The zero-order chi connectivity index (χ0) is 13.7. The van der Waals surface area contributed by atoms with Gasteiger partial charge in [0.2, 0.25) is 0 Å². The Morgan fingerprint density at radius 3 is 2.79 bits per heavy atom. The van der Waals surface area contributed by atoms with E-state index in [0.29, 0.717) is 12.5 Å². The summed E-state index contributed by atoms with van der Waals surface area (Å²) in [5.41, 5.74) is 0. The molecule has 2 amide bonds. The number of piperidine rings is 1. The SMILES string of the molecule is CC1CCCCC1CNC(=O)N1CCCC(CO)C1. The fourth-order valence-corrected chi connectivity index (χ4v) is 3.43. The molecule has 3 atom stereocenters. The number of carbonyl (C=O) groups is 1. The number of nitrogens with zero attached hydrogens (tertiary/aromatic N) is 1. The molecule has 0 spiro atoms. The van der Waals surface area contributed by atoms with E-state index in [1.54, 1.807) is 0 Å². The number of aliphatic hydroxyl groups is 1. The van der Waals surface area contributed by atoms with Gasteiger partial charge in [0.05, 0.1) is 0 Å². The third-order valence-electron chi connectivity index (χ3n) is 4.87. The Labute approximate surface area is 116 Å². The molecule has 1 heterocycles. The average molecular weight is 268 g/mol. The van der Waals surface area contributed by atoms with Crippen molar-refractivity contribution in [3.8, 4) is 0 Å². The van der Waals surface area contributed by atoms with Crippen LogP contribution in [0.3, 0.4) is 0 Å². The summed E-state index contributed by atoms with van der Waals surface area (Å²) in [6, 6.07) is 0.0657. The second kappa shape index (κ2) is 7.13. The topological polar surface area (TPSA) is 52.6 Å². The Kier molecular flexibility index (Phi) is 5.49. The molecule has 0 radical (unpaired) electrons. The van der Waals surface area contributed by atoms with E-state index >= 15 is 0 Å². The molecule has 4 heteroatoms. The number of likely N-dealkylation sites (tertiary alicyclic amines) is 1. The maximum atomic E-state index is 12.1. The van der Waals surface area contributed by atoms with E-state index in [9.17, 15) is 9.90 Å². The molecule has 2 N–H and O–H groups in total. The van der Waals surface area contributed by atoms with Crippen LogP contribution < -0.4 is 5.32 Å². The first-order valence-corrected chi connectivity index (χ1v) is 7.84. The van der Waals surface area contributed by atoms with Crippen molar-refractivity contribution in [1.29, 1.82) is 0 Å². The summed E-state index contributed by atoms with van der Waals surface area (Å²) in [5, 5.41) is 12.3. The highest BCUT2D eigenvalue weighted by Gasteiger charge is 2.25. The number of hydrogen-bond donors (Lipinski definition) is 2. The van der Waals surface area contributed by atoms with Crippen LogP contribution in [0.15, 0.2) is 0 Å². The molecule has 3 unspecified atom stereocenters. The number of hydrogen-bond acceptors (Lipinski definition) is 2. The molecule has 4 nitrogen and oxygen atoms in total. The molecule has 1 aliphatic heterocycles. The molecule has 0 aromatic rings. The normalized spacial score (nSPS) is 32.1. The van der Waals surface area contributed by atoms with Crippen molar-refractivity contribution in [2.45, 2.75) is 45.4 Å². The Bertz CT molecular complexity index is 296. The second-order valence-electron chi connectivity index (χ2n) is 6.34. The standard InChI is InChI=1S/C15H28N2O2/c1-12-5-2-3-7-14(12)9-16-15(19)17-8-4-6-13(10-17)11-18/h12-14,18H,2-11H2,1H3,(H,16,19). The maximum Gasteiger partial charge on any atom is 0.317 e. The molecule has 0 aromatic heterocycles. The summed E-state index contributed by atoms with van der Waals surface area (Å²) in [5.74, 6) is 1.66. The minimum Gasteiger partial charge on any atom is -0.396 e. The van der Waals surface area contributed by atoms with Gasteiger partial charge < -0.3 is 15.3 Å². The van der Waals surface area contributed by atoms with Crippen molar-refractivity contribution in [2.75, 3.05) is 26.2 Å². The molecule has 1 saturated heterocycles. The minimum absolute atomic E-state index is 0.0657. The second-order valence-corrected chi connectivity index (χ2v) is 6.34. The third kappa shape index (κ3) is 4.10. The van der Waals surface area contributed by atoms with Gasteiger partial charge in [-0.3, -0.25) is 0 Å². The zero-order valence-electron chi connectivity index (χ0n) is 12.1. The summed E-state index contributed by atoms with van der Waals surface area (Å²) >= 11 is 0. The fraction of sp³-hybridized carbons (Fsp3) is 0.933. The minimum atomic E-state index is 0.0657. The van der Waals surface area contributed by atoms with Crippen LogP contribution in [0.1, 0.15) is 45.4 Å². The number of amides is 2. The Morgan fingerprint density at radius 2 is 2.05 bits per heavy atom. The molecular formula is C15H28N2O2. The van der Waals surface area contributed by atoms with Crippen LogP contribution >= 0.6 is 0 Å². The van der Waals surface area contributed by atoms with Gasteiger partial charge in [0.1, 0.15) is 0 Å². The Morgan fingerprint density at radius 1 is 1.26 bits per heavy atom. The van der Waals surface area contributed by atoms with Crippen LogP contribution in [0.25, 0.3) is 0 Å². The van der Waals surface area contributed by atoms with Crippen LogP contribution in [0.2, 0.25) is 0 Å².